The molecule has 0 saturated heterocycles. The zero-order valence-corrected chi connectivity index (χ0v) is 16.3. The average molecular weight is 434 g/mol. The number of ketones is 1. The van der Waals surface area contributed by atoms with Gasteiger partial charge in [0.2, 0.25) is 0 Å². The van der Waals surface area contributed by atoms with Crippen LogP contribution in [0.3, 0.4) is 0 Å². The molecule has 0 aliphatic rings. The van der Waals surface area contributed by atoms with Gasteiger partial charge in [0.25, 0.3) is 0 Å². The third kappa shape index (κ3) is 4.08. The highest BCUT2D eigenvalue weighted by molar-refractivity contribution is 6.37. The molecular formula is C21H14ClF2NO5. The molecule has 0 aliphatic carbocycles. The van der Waals surface area contributed by atoms with E-state index in [-0.39, 0.29) is 17.9 Å². The highest BCUT2D eigenvalue weighted by atomic mass is 35.5. The van der Waals surface area contributed by atoms with Gasteiger partial charge in [-0.2, -0.15) is 0 Å². The van der Waals surface area contributed by atoms with Crippen molar-refractivity contribution in [3.63, 3.8) is 0 Å². The number of halogens is 3. The van der Waals surface area contributed by atoms with Gasteiger partial charge < -0.3 is 9.47 Å². The number of hydrogen-bond donors (Lipinski definition) is 0. The summed E-state index contributed by atoms with van der Waals surface area (Å²) in [5.74, 6) is -4.78. The molecular weight excluding hydrogens is 420 g/mol. The summed E-state index contributed by atoms with van der Waals surface area (Å²) in [6, 6.07) is 10.7. The number of ether oxygens (including phenoxy) is 2. The molecule has 154 valence electrons. The normalized spacial score (nSPS) is 10.4. The highest BCUT2D eigenvalue weighted by Gasteiger charge is 2.34. The Kier molecular flexibility index (Phi) is 6.58. The first-order chi connectivity index (χ1) is 14.5. The zero-order chi connectivity index (χ0) is 21.7. The van der Waals surface area contributed by atoms with Crippen molar-refractivity contribution < 1.29 is 32.9 Å². The first-order valence-electron chi connectivity index (χ1n) is 8.67. The van der Waals surface area contributed by atoms with E-state index in [4.69, 9.17) is 21.1 Å². The number of hydrogen-bond acceptors (Lipinski definition) is 6. The molecule has 0 N–H and O–H groups in total. The molecule has 2 aromatic carbocycles. The van der Waals surface area contributed by atoms with E-state index in [9.17, 15) is 14.1 Å². The lowest BCUT2D eigenvalue weighted by Crippen LogP contribution is -2.14. The van der Waals surface area contributed by atoms with Crippen LogP contribution in [-0.4, -0.2) is 23.3 Å². The van der Waals surface area contributed by atoms with Gasteiger partial charge in [-0.25, -0.2) is 14.1 Å². The molecule has 1 heterocycles. The van der Waals surface area contributed by atoms with E-state index in [1.165, 1.54) is 36.7 Å². The molecule has 0 radical (unpaired) electrons. The Bertz CT molecular complexity index is 1080. The summed E-state index contributed by atoms with van der Waals surface area (Å²) in [6.07, 6.45) is 2.66. The predicted octanol–water partition coefficient (Wildman–Crippen LogP) is 5.34. The van der Waals surface area contributed by atoms with Gasteiger partial charge in [0, 0.05) is 22.5 Å². The molecule has 0 unspecified atom stereocenters. The maximum atomic E-state index is 15.5. The van der Waals surface area contributed by atoms with Crippen LogP contribution in [0.15, 0.2) is 54.9 Å². The van der Waals surface area contributed by atoms with E-state index in [2.05, 4.69) is 9.93 Å². The number of pyridine rings is 1. The van der Waals surface area contributed by atoms with Crippen LogP contribution in [0, 0.1) is 5.82 Å². The summed E-state index contributed by atoms with van der Waals surface area (Å²) in [5, 5.41) is -0.524. The van der Waals surface area contributed by atoms with Gasteiger partial charge in [-0.05, 0) is 31.2 Å². The van der Waals surface area contributed by atoms with Crippen LogP contribution in [-0.2, 0) is 4.94 Å². The minimum Gasteiger partial charge on any atom is -0.491 e. The summed E-state index contributed by atoms with van der Waals surface area (Å²) in [7, 11) is 0. The number of benzene rings is 2. The van der Waals surface area contributed by atoms with Crippen LogP contribution in [0.5, 0.6) is 17.2 Å². The highest BCUT2D eigenvalue weighted by Crippen LogP contribution is 2.44. The van der Waals surface area contributed by atoms with Gasteiger partial charge >= 0.3 is 5.97 Å². The second kappa shape index (κ2) is 9.32. The van der Waals surface area contributed by atoms with E-state index in [1.54, 1.807) is 25.1 Å². The zero-order valence-electron chi connectivity index (χ0n) is 15.5. The molecule has 0 saturated carbocycles. The van der Waals surface area contributed by atoms with E-state index in [0.29, 0.717) is 0 Å². The number of para-hydroxylation sites is 1. The van der Waals surface area contributed by atoms with Crippen LogP contribution < -0.4 is 9.47 Å². The standard InChI is InChI=1S/C21H14ClF2NO5/c1-2-28-19-15(21(27)30-24)20(29-13-8-4-3-5-9-13)17(23)14(16(19)22)18(26)12-7-6-10-25-11-12/h3-11H,2H2,1H3. The minimum absolute atomic E-state index is 0.0246. The van der Waals surface area contributed by atoms with Crippen molar-refractivity contribution in [2.24, 2.45) is 0 Å². The molecule has 0 aliphatic heterocycles. The van der Waals surface area contributed by atoms with Gasteiger partial charge in [0.15, 0.2) is 28.7 Å². The number of carbonyl (C=O) groups is 2. The van der Waals surface area contributed by atoms with Crippen molar-refractivity contribution in [2.75, 3.05) is 6.61 Å². The van der Waals surface area contributed by atoms with E-state index in [0.717, 1.165) is 0 Å². The Morgan fingerprint density at radius 3 is 2.40 bits per heavy atom. The summed E-state index contributed by atoms with van der Waals surface area (Å²) >= 11 is 6.23. The van der Waals surface area contributed by atoms with Crippen LogP contribution >= 0.6 is 11.6 Å². The fourth-order valence-corrected chi connectivity index (χ4v) is 3.01. The number of rotatable bonds is 7. The monoisotopic (exact) mass is 433 g/mol. The van der Waals surface area contributed by atoms with E-state index < -0.39 is 45.2 Å². The smallest absolute Gasteiger partial charge is 0.387 e. The summed E-state index contributed by atoms with van der Waals surface area (Å²) < 4.78 is 39.1. The molecule has 6 nitrogen and oxygen atoms in total. The second-order valence-corrected chi connectivity index (χ2v) is 6.20. The molecule has 0 spiro atoms. The largest absolute Gasteiger partial charge is 0.491 e. The Morgan fingerprint density at radius 1 is 1.07 bits per heavy atom. The first kappa shape index (κ1) is 21.2. The van der Waals surface area contributed by atoms with E-state index >= 15 is 4.39 Å². The summed E-state index contributed by atoms with van der Waals surface area (Å²) in [5.41, 5.74) is -1.31. The Hall–Kier alpha value is -3.52. The van der Waals surface area contributed by atoms with Crippen molar-refractivity contribution in [3.05, 3.63) is 82.4 Å². The fraction of sp³-hybridized carbons (Fsp3) is 0.0952. The number of aromatic nitrogens is 1. The lowest BCUT2D eigenvalue weighted by Gasteiger charge is -2.18. The topological polar surface area (TPSA) is 74.7 Å². The van der Waals surface area contributed by atoms with Crippen LogP contribution in [0.2, 0.25) is 5.02 Å². The minimum atomic E-state index is -1.59. The number of nitrogens with zero attached hydrogens (tertiary/aromatic N) is 1. The van der Waals surface area contributed by atoms with Gasteiger partial charge in [-0.1, -0.05) is 29.8 Å². The molecule has 3 rings (SSSR count). The molecule has 9 heteroatoms. The SMILES string of the molecule is CCOc1c(Cl)c(C(=O)c2cccnc2)c(F)c(Oc2ccccc2)c1C(=O)OF. The van der Waals surface area contributed by atoms with Crippen molar-refractivity contribution in [3.8, 4) is 17.2 Å². The first-order valence-corrected chi connectivity index (χ1v) is 9.05. The quantitative estimate of drug-likeness (QED) is 0.468. The molecule has 0 atom stereocenters. The average Bonchev–Trinajstić information content (AvgIpc) is 2.78. The lowest BCUT2D eigenvalue weighted by molar-refractivity contribution is -0.0792. The van der Waals surface area contributed by atoms with Crippen molar-refractivity contribution in [1.29, 1.82) is 0 Å². The van der Waals surface area contributed by atoms with Gasteiger partial charge in [0.1, 0.15) is 5.75 Å². The Morgan fingerprint density at radius 2 is 1.80 bits per heavy atom. The van der Waals surface area contributed by atoms with Crippen LogP contribution in [0.25, 0.3) is 0 Å². The summed E-state index contributed by atoms with van der Waals surface area (Å²) in [4.78, 5) is 32.1. The van der Waals surface area contributed by atoms with Crippen molar-refractivity contribution >= 4 is 23.4 Å². The molecule has 0 fully saturated rings. The Labute approximate surface area is 174 Å². The molecule has 0 amide bonds. The lowest BCUT2D eigenvalue weighted by atomic mass is 10.00. The molecule has 0 bridgehead atoms. The van der Waals surface area contributed by atoms with Gasteiger partial charge in [0.05, 0.1) is 17.2 Å². The molecule has 1 aromatic heterocycles. The maximum Gasteiger partial charge on any atom is 0.387 e. The maximum absolute atomic E-state index is 15.5. The Balaban J connectivity index is 2.30. The van der Waals surface area contributed by atoms with Gasteiger partial charge in [-0.15, -0.1) is 0 Å². The van der Waals surface area contributed by atoms with Crippen molar-refractivity contribution in [2.45, 2.75) is 6.92 Å². The molecule has 30 heavy (non-hydrogen) atoms. The third-order valence-electron chi connectivity index (χ3n) is 3.97. The van der Waals surface area contributed by atoms with Crippen LogP contribution in [0.4, 0.5) is 8.92 Å². The number of carbonyl (C=O) groups excluding carboxylic acids is 2. The van der Waals surface area contributed by atoms with Crippen molar-refractivity contribution in [1.82, 2.24) is 4.98 Å². The second-order valence-electron chi connectivity index (χ2n) is 5.82. The molecule has 3 aromatic rings. The fourth-order valence-electron chi connectivity index (χ4n) is 2.69. The van der Waals surface area contributed by atoms with Gasteiger partial charge in [-0.3, -0.25) is 9.78 Å². The predicted molar refractivity (Wildman–Crippen MR) is 103 cm³/mol. The van der Waals surface area contributed by atoms with E-state index in [1.807, 2.05) is 0 Å². The van der Waals surface area contributed by atoms with Crippen LogP contribution in [0.1, 0.15) is 33.2 Å². The third-order valence-corrected chi connectivity index (χ3v) is 4.33. The summed E-state index contributed by atoms with van der Waals surface area (Å²) in [6.45, 7) is 1.54.